The molecule has 1 N–H and O–H groups in total. The summed E-state index contributed by atoms with van der Waals surface area (Å²) >= 11 is 1.55. The fraction of sp³-hybridized carbons (Fsp3) is 0.571. The van der Waals surface area contributed by atoms with Crippen LogP contribution in [0.4, 0.5) is 0 Å². The Hall–Kier alpha value is -1.76. The average molecular weight is 307 g/mol. The predicted molar refractivity (Wildman–Crippen MR) is 82.8 cm³/mol. The lowest BCUT2D eigenvalue weighted by Crippen LogP contribution is -2.35. The van der Waals surface area contributed by atoms with Crippen LogP contribution in [0.1, 0.15) is 33.6 Å². The lowest BCUT2D eigenvalue weighted by Gasteiger charge is -2.14. The maximum absolute atomic E-state index is 11.9. The molecule has 0 saturated carbocycles. The van der Waals surface area contributed by atoms with Crippen LogP contribution in [0.5, 0.6) is 0 Å². The van der Waals surface area contributed by atoms with Crippen molar-refractivity contribution in [2.75, 3.05) is 0 Å². The first kappa shape index (κ1) is 15.6. The summed E-state index contributed by atoms with van der Waals surface area (Å²) in [4.78, 5) is 14.2. The Morgan fingerprint density at radius 1 is 1.38 bits per heavy atom. The van der Waals surface area contributed by atoms with Crippen LogP contribution in [0.15, 0.2) is 17.5 Å². The zero-order chi connectivity index (χ0) is 15.2. The summed E-state index contributed by atoms with van der Waals surface area (Å²) in [7, 11) is 0. The standard InChI is InChI=1S/C14H21N5OS/c1-10(2)6-7-11(3)15-13(20)9-19-17-14(16-18-19)12-5-4-8-21-12/h4-5,8,10-11H,6-7,9H2,1-3H3,(H,15,20)/t11-/m0/s1. The first-order valence-electron chi connectivity index (χ1n) is 7.15. The van der Waals surface area contributed by atoms with E-state index in [0.29, 0.717) is 11.7 Å². The molecule has 2 aromatic rings. The second-order valence-corrected chi connectivity index (χ2v) is 6.51. The summed E-state index contributed by atoms with van der Waals surface area (Å²) in [5, 5.41) is 17.0. The number of thiophene rings is 1. The van der Waals surface area contributed by atoms with Crippen molar-refractivity contribution in [1.29, 1.82) is 0 Å². The van der Waals surface area contributed by atoms with Crippen molar-refractivity contribution in [2.24, 2.45) is 5.92 Å². The number of rotatable bonds is 7. The summed E-state index contributed by atoms with van der Waals surface area (Å²) in [6.45, 7) is 6.48. The van der Waals surface area contributed by atoms with Crippen molar-refractivity contribution in [3.8, 4) is 10.7 Å². The average Bonchev–Trinajstić information content (AvgIpc) is 3.06. The number of carbonyl (C=O) groups excluding carboxylic acids is 1. The topological polar surface area (TPSA) is 72.7 Å². The van der Waals surface area contributed by atoms with Crippen molar-refractivity contribution < 1.29 is 4.79 Å². The van der Waals surface area contributed by atoms with Crippen molar-refractivity contribution in [3.05, 3.63) is 17.5 Å². The molecule has 0 radical (unpaired) electrons. The third-order valence-corrected chi connectivity index (χ3v) is 3.93. The van der Waals surface area contributed by atoms with E-state index in [1.807, 2.05) is 24.4 Å². The van der Waals surface area contributed by atoms with E-state index >= 15 is 0 Å². The molecular weight excluding hydrogens is 286 g/mol. The molecule has 0 aliphatic heterocycles. The van der Waals surface area contributed by atoms with E-state index in [-0.39, 0.29) is 18.5 Å². The van der Waals surface area contributed by atoms with Crippen molar-refractivity contribution in [1.82, 2.24) is 25.5 Å². The number of hydrogen-bond donors (Lipinski definition) is 1. The molecule has 114 valence electrons. The molecule has 0 saturated heterocycles. The van der Waals surface area contributed by atoms with Crippen LogP contribution in [0.2, 0.25) is 0 Å². The van der Waals surface area contributed by atoms with Crippen LogP contribution in [-0.2, 0) is 11.3 Å². The van der Waals surface area contributed by atoms with Gasteiger partial charge < -0.3 is 5.32 Å². The zero-order valence-electron chi connectivity index (χ0n) is 12.6. The van der Waals surface area contributed by atoms with E-state index < -0.39 is 0 Å². The number of nitrogens with one attached hydrogen (secondary N) is 1. The van der Waals surface area contributed by atoms with Crippen LogP contribution in [0, 0.1) is 5.92 Å². The Morgan fingerprint density at radius 3 is 2.86 bits per heavy atom. The predicted octanol–water partition coefficient (Wildman–Crippen LogP) is 2.34. The molecule has 6 nitrogen and oxygen atoms in total. The third kappa shape index (κ3) is 4.93. The summed E-state index contributed by atoms with van der Waals surface area (Å²) in [6.07, 6.45) is 2.08. The van der Waals surface area contributed by atoms with Gasteiger partial charge in [-0.2, -0.15) is 4.80 Å². The minimum atomic E-state index is -0.0821. The molecule has 0 aliphatic carbocycles. The van der Waals surface area contributed by atoms with Crippen molar-refractivity contribution in [2.45, 2.75) is 46.2 Å². The van der Waals surface area contributed by atoms with Gasteiger partial charge in [-0.25, -0.2) is 0 Å². The van der Waals surface area contributed by atoms with Gasteiger partial charge in [0, 0.05) is 6.04 Å². The Bertz CT molecular complexity index is 564. The van der Waals surface area contributed by atoms with Crippen LogP contribution in [-0.4, -0.2) is 32.2 Å². The minimum absolute atomic E-state index is 0.0821. The van der Waals surface area contributed by atoms with E-state index in [9.17, 15) is 4.79 Å². The highest BCUT2D eigenvalue weighted by Crippen LogP contribution is 2.19. The van der Waals surface area contributed by atoms with Gasteiger partial charge in [-0.3, -0.25) is 4.79 Å². The van der Waals surface area contributed by atoms with Gasteiger partial charge in [-0.05, 0) is 42.3 Å². The summed E-state index contributed by atoms with van der Waals surface area (Å²) in [5.41, 5.74) is 0. The molecule has 1 amide bonds. The van der Waals surface area contributed by atoms with E-state index in [1.54, 1.807) is 11.3 Å². The molecule has 0 aromatic carbocycles. The molecule has 0 unspecified atom stereocenters. The number of amides is 1. The quantitative estimate of drug-likeness (QED) is 0.852. The largest absolute Gasteiger partial charge is 0.352 e. The van der Waals surface area contributed by atoms with Crippen LogP contribution in [0.3, 0.4) is 0 Å². The van der Waals surface area contributed by atoms with Crippen LogP contribution < -0.4 is 5.32 Å². The molecule has 0 spiro atoms. The summed E-state index contributed by atoms with van der Waals surface area (Å²) < 4.78 is 0. The molecule has 0 bridgehead atoms. The van der Waals surface area contributed by atoms with Crippen LogP contribution in [0.25, 0.3) is 10.7 Å². The minimum Gasteiger partial charge on any atom is -0.352 e. The first-order valence-corrected chi connectivity index (χ1v) is 8.03. The maximum Gasteiger partial charge on any atom is 0.243 e. The molecule has 2 rings (SSSR count). The third-order valence-electron chi connectivity index (χ3n) is 3.06. The van der Waals surface area contributed by atoms with Gasteiger partial charge in [0.1, 0.15) is 6.54 Å². The Kier molecular flexibility index (Phi) is 5.44. The van der Waals surface area contributed by atoms with E-state index in [2.05, 4.69) is 34.6 Å². The fourth-order valence-corrected chi connectivity index (χ4v) is 2.57. The smallest absolute Gasteiger partial charge is 0.243 e. The van der Waals surface area contributed by atoms with Gasteiger partial charge in [0.25, 0.3) is 0 Å². The Balaban J connectivity index is 1.83. The van der Waals surface area contributed by atoms with E-state index in [4.69, 9.17) is 0 Å². The summed E-state index contributed by atoms with van der Waals surface area (Å²) in [6, 6.07) is 4.03. The molecule has 2 aromatic heterocycles. The molecule has 0 aliphatic rings. The Labute approximate surface area is 128 Å². The highest BCUT2D eigenvalue weighted by Gasteiger charge is 2.12. The van der Waals surface area contributed by atoms with Gasteiger partial charge in [0.2, 0.25) is 11.7 Å². The maximum atomic E-state index is 11.9. The monoisotopic (exact) mass is 307 g/mol. The van der Waals surface area contributed by atoms with Gasteiger partial charge in [-0.1, -0.05) is 19.9 Å². The van der Waals surface area contributed by atoms with Gasteiger partial charge in [0.05, 0.1) is 4.88 Å². The molecule has 1 atom stereocenters. The van der Waals surface area contributed by atoms with E-state index in [1.165, 1.54) is 4.80 Å². The molecular formula is C14H21N5OS. The second-order valence-electron chi connectivity index (χ2n) is 5.56. The Morgan fingerprint density at radius 2 is 2.19 bits per heavy atom. The zero-order valence-corrected chi connectivity index (χ0v) is 13.4. The van der Waals surface area contributed by atoms with E-state index in [0.717, 1.165) is 17.7 Å². The fourth-order valence-electron chi connectivity index (χ4n) is 1.92. The highest BCUT2D eigenvalue weighted by molar-refractivity contribution is 7.13. The number of carbonyl (C=O) groups is 1. The van der Waals surface area contributed by atoms with Crippen molar-refractivity contribution >= 4 is 17.2 Å². The second kappa shape index (κ2) is 7.31. The lowest BCUT2D eigenvalue weighted by molar-refractivity contribution is -0.122. The normalized spacial score (nSPS) is 12.6. The number of aromatic nitrogens is 4. The number of nitrogens with zero attached hydrogens (tertiary/aromatic N) is 4. The number of hydrogen-bond acceptors (Lipinski definition) is 5. The lowest BCUT2D eigenvalue weighted by atomic mass is 10.0. The molecule has 7 heteroatoms. The van der Waals surface area contributed by atoms with Gasteiger partial charge in [-0.15, -0.1) is 21.5 Å². The summed E-state index contributed by atoms with van der Waals surface area (Å²) in [5.74, 6) is 1.13. The molecule has 2 heterocycles. The van der Waals surface area contributed by atoms with Crippen LogP contribution >= 0.6 is 11.3 Å². The first-order chi connectivity index (χ1) is 10.0. The highest BCUT2D eigenvalue weighted by atomic mass is 32.1. The molecule has 21 heavy (non-hydrogen) atoms. The SMILES string of the molecule is CC(C)CC[C@H](C)NC(=O)Cn1nnc(-c2cccs2)n1. The van der Waals surface area contributed by atoms with Gasteiger partial charge >= 0.3 is 0 Å². The van der Waals surface area contributed by atoms with Crippen molar-refractivity contribution in [3.63, 3.8) is 0 Å². The number of tetrazole rings is 1. The molecule has 0 fully saturated rings. The van der Waals surface area contributed by atoms with Gasteiger partial charge in [0.15, 0.2) is 0 Å².